The van der Waals surface area contributed by atoms with Crippen LogP contribution in [-0.2, 0) is 14.3 Å². The van der Waals surface area contributed by atoms with Crippen molar-refractivity contribution in [1.29, 1.82) is 0 Å². The van der Waals surface area contributed by atoms with E-state index in [9.17, 15) is 9.59 Å². The lowest BCUT2D eigenvalue weighted by Crippen LogP contribution is -2.17. The van der Waals surface area contributed by atoms with E-state index in [2.05, 4.69) is 13.0 Å². The van der Waals surface area contributed by atoms with E-state index in [1.54, 1.807) is 0 Å². The molecule has 0 aromatic rings. The van der Waals surface area contributed by atoms with E-state index in [1.807, 2.05) is 0 Å². The average Bonchev–Trinajstić information content (AvgIpc) is 2.95. The minimum absolute atomic E-state index is 0.175. The van der Waals surface area contributed by atoms with Crippen molar-refractivity contribution in [3.05, 3.63) is 22.8 Å². The molecular weight excluding hydrogens is 276 g/mol. The van der Waals surface area contributed by atoms with Gasteiger partial charge in [-0.2, -0.15) is 0 Å². The number of fused-ring (bicyclic) bond motifs is 1. The highest BCUT2D eigenvalue weighted by Gasteiger charge is 2.49. The van der Waals surface area contributed by atoms with Crippen molar-refractivity contribution in [1.82, 2.24) is 0 Å². The molecule has 0 spiro atoms. The molecule has 2 atom stereocenters. The maximum Gasteiger partial charge on any atom is 0.307 e. The summed E-state index contributed by atoms with van der Waals surface area (Å²) < 4.78 is 5.50. The molecule has 1 fully saturated rings. The monoisotopic (exact) mass is 302 g/mol. The number of hydrogen-bond donors (Lipinski definition) is 0. The topological polar surface area (TPSA) is 43.4 Å². The van der Waals surface area contributed by atoms with Crippen LogP contribution in [0.4, 0.5) is 0 Å². The molecule has 22 heavy (non-hydrogen) atoms. The average molecular weight is 302 g/mol. The number of ketones is 1. The largest absolute Gasteiger partial charge is 0.457 e. The fourth-order valence-corrected chi connectivity index (χ4v) is 4.01. The van der Waals surface area contributed by atoms with Crippen LogP contribution in [0.25, 0.3) is 0 Å². The van der Waals surface area contributed by atoms with Crippen LogP contribution in [0.2, 0.25) is 0 Å². The Morgan fingerprint density at radius 1 is 1.18 bits per heavy atom. The number of ether oxygens (including phenoxy) is 1. The van der Waals surface area contributed by atoms with Crippen LogP contribution in [-0.4, -0.2) is 17.9 Å². The first-order valence-electron chi connectivity index (χ1n) is 8.88. The van der Waals surface area contributed by atoms with Gasteiger partial charge in [-0.15, -0.1) is 0 Å². The predicted octanol–water partition coefficient (Wildman–Crippen LogP) is 4.27. The van der Waals surface area contributed by atoms with Gasteiger partial charge in [0.1, 0.15) is 6.10 Å². The van der Waals surface area contributed by atoms with Crippen molar-refractivity contribution < 1.29 is 14.3 Å². The quantitative estimate of drug-likeness (QED) is 0.728. The minimum Gasteiger partial charge on any atom is -0.457 e. The summed E-state index contributed by atoms with van der Waals surface area (Å²) in [6, 6.07) is 0. The zero-order chi connectivity index (χ0) is 15.5. The van der Waals surface area contributed by atoms with Gasteiger partial charge in [0.25, 0.3) is 0 Å². The van der Waals surface area contributed by atoms with Crippen molar-refractivity contribution in [2.45, 2.75) is 77.2 Å². The van der Waals surface area contributed by atoms with E-state index in [-0.39, 0.29) is 30.2 Å². The second-order valence-electron chi connectivity index (χ2n) is 6.77. The van der Waals surface area contributed by atoms with Crippen molar-refractivity contribution in [2.75, 3.05) is 0 Å². The molecule has 1 aliphatic heterocycles. The molecule has 1 saturated heterocycles. The Morgan fingerprint density at radius 2 is 2.00 bits per heavy atom. The zero-order valence-corrected chi connectivity index (χ0v) is 13.5. The van der Waals surface area contributed by atoms with Crippen molar-refractivity contribution in [3.63, 3.8) is 0 Å². The number of allylic oxidation sites excluding steroid dienone is 3. The summed E-state index contributed by atoms with van der Waals surface area (Å²) in [7, 11) is 0. The predicted molar refractivity (Wildman–Crippen MR) is 85.3 cm³/mol. The van der Waals surface area contributed by atoms with Crippen LogP contribution < -0.4 is 0 Å². The molecule has 0 aromatic carbocycles. The molecule has 0 bridgehead atoms. The molecule has 0 saturated carbocycles. The molecule has 2 aliphatic carbocycles. The number of hydrogen-bond acceptors (Lipinski definition) is 3. The molecule has 0 N–H and O–H groups in total. The van der Waals surface area contributed by atoms with E-state index < -0.39 is 0 Å². The zero-order valence-electron chi connectivity index (χ0n) is 13.5. The Labute approximate surface area is 132 Å². The summed E-state index contributed by atoms with van der Waals surface area (Å²) in [4.78, 5) is 24.5. The van der Waals surface area contributed by atoms with Gasteiger partial charge in [0.2, 0.25) is 0 Å². The first kappa shape index (κ1) is 15.5. The van der Waals surface area contributed by atoms with Crippen molar-refractivity contribution >= 4 is 11.8 Å². The molecule has 3 nitrogen and oxygen atoms in total. The van der Waals surface area contributed by atoms with Gasteiger partial charge in [0.15, 0.2) is 5.78 Å². The van der Waals surface area contributed by atoms with Gasteiger partial charge in [0, 0.05) is 5.57 Å². The highest BCUT2D eigenvalue weighted by atomic mass is 16.6. The fraction of sp³-hybridized carbons (Fsp3) is 0.684. The molecule has 1 heterocycles. The Bertz CT molecular complexity index is 527. The van der Waals surface area contributed by atoms with Gasteiger partial charge in [-0.3, -0.25) is 9.59 Å². The number of esters is 1. The maximum absolute atomic E-state index is 12.9. The highest BCUT2D eigenvalue weighted by Crippen LogP contribution is 2.44. The van der Waals surface area contributed by atoms with Crippen LogP contribution in [0.1, 0.15) is 71.1 Å². The summed E-state index contributed by atoms with van der Waals surface area (Å²) >= 11 is 0. The minimum atomic E-state index is -0.257. The van der Waals surface area contributed by atoms with E-state index in [1.165, 1.54) is 31.3 Å². The summed E-state index contributed by atoms with van der Waals surface area (Å²) in [6.07, 6.45) is 12.3. The lowest BCUT2D eigenvalue weighted by Gasteiger charge is -2.16. The normalized spacial score (nSPS) is 31.4. The molecule has 120 valence electrons. The number of rotatable bonds is 4. The third-order valence-electron chi connectivity index (χ3n) is 5.17. The highest BCUT2D eigenvalue weighted by molar-refractivity contribution is 6.07. The Hall–Kier alpha value is -1.38. The molecule has 0 aromatic heterocycles. The van der Waals surface area contributed by atoms with Gasteiger partial charge >= 0.3 is 5.97 Å². The van der Waals surface area contributed by atoms with Crippen molar-refractivity contribution in [3.8, 4) is 0 Å². The van der Waals surface area contributed by atoms with E-state index in [0.29, 0.717) is 0 Å². The smallest absolute Gasteiger partial charge is 0.307 e. The fourth-order valence-electron chi connectivity index (χ4n) is 4.01. The van der Waals surface area contributed by atoms with Gasteiger partial charge in [-0.25, -0.2) is 0 Å². The van der Waals surface area contributed by atoms with Crippen LogP contribution in [0.5, 0.6) is 0 Å². The molecular formula is C19H26O3. The second kappa shape index (κ2) is 6.80. The third kappa shape index (κ3) is 2.90. The van der Waals surface area contributed by atoms with Gasteiger partial charge in [-0.05, 0) is 49.7 Å². The first-order valence-corrected chi connectivity index (χ1v) is 8.88. The molecule has 3 rings (SSSR count). The summed E-state index contributed by atoms with van der Waals surface area (Å²) in [5.41, 5.74) is 3.30. The lowest BCUT2D eigenvalue weighted by molar-refractivity contribution is -0.140. The Kier molecular flexibility index (Phi) is 4.80. The Balaban J connectivity index is 1.93. The van der Waals surface area contributed by atoms with Crippen LogP contribution >= 0.6 is 0 Å². The van der Waals surface area contributed by atoms with Gasteiger partial charge < -0.3 is 4.74 Å². The van der Waals surface area contributed by atoms with Crippen molar-refractivity contribution in [2.24, 2.45) is 5.92 Å². The molecule has 0 amide bonds. The lowest BCUT2D eigenvalue weighted by atomic mass is 9.90. The molecule has 3 aliphatic rings. The second-order valence-corrected chi connectivity index (χ2v) is 6.77. The first-order chi connectivity index (χ1) is 10.7. The third-order valence-corrected chi connectivity index (χ3v) is 5.17. The SMILES string of the molecule is CCCCC1=C(/C2=C/CCCCCC2)C(=O)[C@@H]2CC(=O)O[C@H]12. The Morgan fingerprint density at radius 3 is 2.82 bits per heavy atom. The van der Waals surface area contributed by atoms with Gasteiger partial charge in [0.05, 0.1) is 12.3 Å². The standard InChI is InChI=1S/C19H26O3/c1-2-3-11-14-17(13-9-7-5-4-6-8-10-13)18(21)15-12-16(20)22-19(14)15/h9,15,19H,2-8,10-12H2,1H3/b13-9+/t15-,19+/m0/s1. The van der Waals surface area contributed by atoms with E-state index >= 15 is 0 Å². The van der Waals surface area contributed by atoms with E-state index in [0.717, 1.165) is 43.3 Å². The number of Topliss-reactive ketones (excluding diaryl/α,β-unsaturated/α-hetero) is 1. The van der Waals surface area contributed by atoms with E-state index in [4.69, 9.17) is 4.74 Å². The van der Waals surface area contributed by atoms with Gasteiger partial charge in [-0.1, -0.05) is 32.3 Å². The van der Waals surface area contributed by atoms with Crippen LogP contribution in [0, 0.1) is 5.92 Å². The molecule has 0 radical (unpaired) electrons. The van der Waals surface area contributed by atoms with Crippen LogP contribution in [0.3, 0.4) is 0 Å². The maximum atomic E-state index is 12.9. The number of carbonyl (C=O) groups excluding carboxylic acids is 2. The summed E-state index contributed by atoms with van der Waals surface area (Å²) in [5, 5.41) is 0. The number of unbranched alkanes of at least 4 members (excludes halogenated alkanes) is 1. The molecule has 0 unspecified atom stereocenters. The number of carbonyl (C=O) groups is 2. The van der Waals surface area contributed by atoms with Crippen LogP contribution in [0.15, 0.2) is 22.8 Å². The molecule has 3 heteroatoms. The summed E-state index contributed by atoms with van der Waals surface area (Å²) in [6.45, 7) is 2.16. The summed E-state index contributed by atoms with van der Waals surface area (Å²) in [5.74, 6) is -0.266.